The van der Waals surface area contributed by atoms with E-state index in [-0.39, 0.29) is 57.4 Å². The molecule has 4 saturated carbocycles. The van der Waals surface area contributed by atoms with Crippen LogP contribution in [0.4, 0.5) is 0 Å². The number of hydrogen-bond acceptors (Lipinski definition) is 7. The summed E-state index contributed by atoms with van der Waals surface area (Å²) in [6.07, 6.45) is 7.41. The van der Waals surface area contributed by atoms with Gasteiger partial charge in [-0.3, -0.25) is 23.9 Å². The van der Waals surface area contributed by atoms with Crippen LogP contribution in [0, 0.1) is 62.1 Å². The number of hydrogen-bond donors (Lipinski definition) is 2. The normalized spacial score (nSPS) is 34.5. The summed E-state index contributed by atoms with van der Waals surface area (Å²) in [5.74, 6) is -0.247. The molecule has 308 valence electrons. The van der Waals surface area contributed by atoms with E-state index in [4.69, 9.17) is 10.5 Å². The van der Waals surface area contributed by atoms with Crippen molar-refractivity contribution < 1.29 is 24.2 Å². The SMILES string of the molecule is CC(C)C1=C2[C@H]3CC[C@@H]4[C@@]5(C)CC[C@H](OC(=O)CC(C)(C)C(=O)O)C(C)(C)[C@@H]5CC[C@@]4(C)[C@]3(C)CC[C@@]2(c2cc(=O)n(-c3ccc(C#N)cc3)n2CCN)CC1=O. The van der Waals surface area contributed by atoms with E-state index in [1.165, 1.54) is 5.57 Å². The number of esters is 1. The quantitative estimate of drug-likeness (QED) is 0.242. The highest BCUT2D eigenvalue weighted by Crippen LogP contribution is 2.77. The number of aliphatic carboxylic acids is 1. The third kappa shape index (κ3) is 5.94. The molecule has 0 radical (unpaired) electrons. The van der Waals surface area contributed by atoms with Crippen molar-refractivity contribution in [2.45, 2.75) is 145 Å². The van der Waals surface area contributed by atoms with Crippen LogP contribution in [0.25, 0.3) is 5.69 Å². The van der Waals surface area contributed by atoms with E-state index in [0.29, 0.717) is 42.6 Å². The summed E-state index contributed by atoms with van der Waals surface area (Å²) in [4.78, 5) is 53.5. The van der Waals surface area contributed by atoms with E-state index >= 15 is 0 Å². The van der Waals surface area contributed by atoms with Crippen LogP contribution in [-0.2, 0) is 31.1 Å². The lowest BCUT2D eigenvalue weighted by atomic mass is 9.33. The maximum absolute atomic E-state index is 14.5. The van der Waals surface area contributed by atoms with Gasteiger partial charge in [0.25, 0.3) is 5.56 Å². The molecule has 7 rings (SSSR count). The van der Waals surface area contributed by atoms with Gasteiger partial charge in [0.1, 0.15) is 6.10 Å². The van der Waals surface area contributed by atoms with E-state index in [1.807, 2.05) is 4.68 Å². The average Bonchev–Trinajstić information content (AvgIpc) is 3.63. The molecule has 0 unspecified atom stereocenters. The predicted molar refractivity (Wildman–Crippen MR) is 218 cm³/mol. The Kier molecular flexibility index (Phi) is 9.99. The molecular formula is C47H64N4O6. The van der Waals surface area contributed by atoms with Crippen molar-refractivity contribution in [3.05, 3.63) is 63.1 Å². The van der Waals surface area contributed by atoms with Crippen molar-refractivity contribution in [1.29, 1.82) is 5.26 Å². The van der Waals surface area contributed by atoms with Gasteiger partial charge in [-0.05, 0) is 141 Å². The van der Waals surface area contributed by atoms with E-state index in [2.05, 4.69) is 54.5 Å². The smallest absolute Gasteiger partial charge is 0.309 e. The monoisotopic (exact) mass is 780 g/mol. The first-order chi connectivity index (χ1) is 26.6. The number of ketones is 1. The van der Waals surface area contributed by atoms with Gasteiger partial charge in [-0.1, -0.05) is 48.5 Å². The molecule has 0 saturated heterocycles. The average molecular weight is 781 g/mol. The minimum atomic E-state index is -1.19. The van der Waals surface area contributed by atoms with Gasteiger partial charge in [-0.25, -0.2) is 4.68 Å². The highest BCUT2D eigenvalue weighted by molar-refractivity contribution is 6.01. The van der Waals surface area contributed by atoms with Gasteiger partial charge in [-0.2, -0.15) is 5.26 Å². The summed E-state index contributed by atoms with van der Waals surface area (Å²) in [5, 5.41) is 19.1. The van der Waals surface area contributed by atoms with Crippen molar-refractivity contribution in [1.82, 2.24) is 9.36 Å². The lowest BCUT2D eigenvalue weighted by molar-refractivity contribution is -0.232. The fourth-order valence-electron chi connectivity index (χ4n) is 13.9. The Labute approximate surface area is 338 Å². The summed E-state index contributed by atoms with van der Waals surface area (Å²) in [6.45, 7) is 20.3. The number of benzene rings is 1. The fraction of sp³-hybridized carbons (Fsp3) is 0.681. The standard InChI is InChI=1S/C47H64N4O6/c1-28(2)39-32(52)25-47(35-24-37(53)51(50(35)23-22-48)30-12-10-29(27-49)11-13-30)21-20-45(8)31(40(39)47)14-15-34-44(7)18-17-36(57-38(54)26-42(3,4)41(55)56)43(5,6)33(44)16-19-46(34,45)9/h10-13,24,28,31,33-34,36H,14-23,25-26,48H2,1-9H3,(H,55,56)/t31-,33+,34-,36+,44+,45-,46-,47+/m1/s1. The summed E-state index contributed by atoms with van der Waals surface area (Å²) in [7, 11) is 0. The number of rotatable bonds is 9. The molecule has 0 bridgehead atoms. The molecule has 5 aliphatic rings. The number of ether oxygens (including phenoxy) is 1. The third-order valence-electron chi connectivity index (χ3n) is 16.9. The van der Waals surface area contributed by atoms with Crippen LogP contribution < -0.4 is 11.3 Å². The number of Topliss-reactive ketones (excluding diaryl/α,β-unsaturated/α-hetero) is 1. The Morgan fingerprint density at radius 2 is 1.65 bits per heavy atom. The highest BCUT2D eigenvalue weighted by atomic mass is 16.5. The summed E-state index contributed by atoms with van der Waals surface area (Å²) in [5.41, 5.74) is 8.26. The fourth-order valence-corrected chi connectivity index (χ4v) is 13.9. The summed E-state index contributed by atoms with van der Waals surface area (Å²) >= 11 is 0. The maximum atomic E-state index is 14.5. The predicted octanol–water partition coefficient (Wildman–Crippen LogP) is 8.11. The van der Waals surface area contributed by atoms with Gasteiger partial charge < -0.3 is 15.6 Å². The minimum Gasteiger partial charge on any atom is -0.481 e. The van der Waals surface area contributed by atoms with Crippen LogP contribution >= 0.6 is 0 Å². The van der Waals surface area contributed by atoms with E-state index < -0.39 is 22.8 Å². The maximum Gasteiger partial charge on any atom is 0.309 e. The molecule has 0 aliphatic heterocycles. The van der Waals surface area contributed by atoms with Crippen molar-refractivity contribution in [2.24, 2.45) is 56.5 Å². The second kappa shape index (κ2) is 13.8. The molecule has 5 aliphatic carbocycles. The second-order valence-corrected chi connectivity index (χ2v) is 20.7. The topological polar surface area (TPSA) is 157 Å². The number of nitriles is 1. The lowest BCUT2D eigenvalue weighted by Crippen LogP contribution is -2.66. The van der Waals surface area contributed by atoms with Crippen LogP contribution in [0.1, 0.15) is 138 Å². The molecular weight excluding hydrogens is 717 g/mol. The van der Waals surface area contributed by atoms with Crippen molar-refractivity contribution in [3.63, 3.8) is 0 Å². The van der Waals surface area contributed by atoms with Gasteiger partial charge in [0.05, 0.1) is 41.4 Å². The number of fused-ring (bicyclic) bond motifs is 7. The van der Waals surface area contributed by atoms with E-state index in [0.717, 1.165) is 62.6 Å². The van der Waals surface area contributed by atoms with Gasteiger partial charge >= 0.3 is 11.9 Å². The highest BCUT2D eigenvalue weighted by Gasteiger charge is 2.70. The van der Waals surface area contributed by atoms with Crippen LogP contribution in [0.5, 0.6) is 0 Å². The second-order valence-electron chi connectivity index (χ2n) is 20.7. The van der Waals surface area contributed by atoms with Crippen LogP contribution in [0.2, 0.25) is 0 Å². The molecule has 10 heteroatoms. The number of carboxylic acid groups (broad SMARTS) is 1. The lowest BCUT2D eigenvalue weighted by Gasteiger charge is -2.72. The number of nitrogens with zero attached hydrogens (tertiary/aromatic N) is 3. The summed E-state index contributed by atoms with van der Waals surface area (Å²) < 4.78 is 9.90. The van der Waals surface area contributed by atoms with Crippen LogP contribution in [0.3, 0.4) is 0 Å². The first kappa shape index (κ1) is 41.2. The molecule has 3 N–H and O–H groups in total. The van der Waals surface area contributed by atoms with Gasteiger partial charge in [0, 0.05) is 29.9 Å². The molecule has 57 heavy (non-hydrogen) atoms. The Balaban J connectivity index is 1.26. The number of nitrogens with two attached hydrogens (primary N) is 1. The molecule has 1 aromatic carbocycles. The zero-order valence-electron chi connectivity index (χ0n) is 35.7. The first-order valence-electron chi connectivity index (χ1n) is 21.4. The van der Waals surface area contributed by atoms with Gasteiger partial charge in [0.15, 0.2) is 5.78 Å². The van der Waals surface area contributed by atoms with Crippen LogP contribution in [0.15, 0.2) is 46.3 Å². The van der Waals surface area contributed by atoms with Gasteiger partial charge in [-0.15, -0.1) is 0 Å². The Morgan fingerprint density at radius 1 is 0.965 bits per heavy atom. The van der Waals surface area contributed by atoms with E-state index in [1.54, 1.807) is 48.9 Å². The minimum absolute atomic E-state index is 0.00942. The van der Waals surface area contributed by atoms with Gasteiger partial charge in [0.2, 0.25) is 0 Å². The molecule has 10 nitrogen and oxygen atoms in total. The summed E-state index contributed by atoms with van der Waals surface area (Å²) in [6, 6.07) is 11.0. The van der Waals surface area contributed by atoms with E-state index in [9.17, 15) is 29.5 Å². The number of allylic oxidation sites excluding steroid dienone is 2. The number of carbonyl (C=O) groups excluding carboxylic acids is 2. The Bertz CT molecular complexity index is 2120. The van der Waals surface area contributed by atoms with Crippen molar-refractivity contribution >= 4 is 17.7 Å². The van der Waals surface area contributed by atoms with Crippen LogP contribution in [-0.4, -0.2) is 44.8 Å². The largest absolute Gasteiger partial charge is 0.481 e. The molecule has 0 amide bonds. The zero-order valence-corrected chi connectivity index (χ0v) is 35.7. The number of aromatic nitrogens is 2. The number of carbonyl (C=O) groups is 3. The Hall–Kier alpha value is -3.97. The molecule has 2 aromatic rings. The third-order valence-corrected chi connectivity index (χ3v) is 16.9. The zero-order chi connectivity index (χ0) is 41.7. The van der Waals surface area contributed by atoms with Crippen molar-refractivity contribution in [3.8, 4) is 11.8 Å². The first-order valence-corrected chi connectivity index (χ1v) is 21.4. The number of carboxylic acids is 1. The molecule has 4 fully saturated rings. The molecule has 8 atom stereocenters. The molecule has 0 spiro atoms. The molecule has 1 aromatic heterocycles. The van der Waals surface area contributed by atoms with Crippen molar-refractivity contribution in [2.75, 3.05) is 6.54 Å². The molecule has 1 heterocycles. The Morgan fingerprint density at radius 3 is 2.26 bits per heavy atom.